The molecule has 0 unspecified atom stereocenters. The highest BCUT2D eigenvalue weighted by molar-refractivity contribution is 5.94. The minimum absolute atomic E-state index is 0.562. The molecule has 0 atom stereocenters. The van der Waals surface area contributed by atoms with Crippen molar-refractivity contribution in [3.63, 3.8) is 0 Å². The summed E-state index contributed by atoms with van der Waals surface area (Å²) in [6.07, 6.45) is 4.29. The lowest BCUT2D eigenvalue weighted by molar-refractivity contribution is 0.323. The van der Waals surface area contributed by atoms with Crippen LogP contribution >= 0.6 is 0 Å². The standard InChI is InChI=1S/C16H15N3O/c17-14-6-7-15(16-13(14)5-3-10-19-16)20-11-8-12-4-1-2-9-18-12/h1-7,9-10H,8,11,17H2. The van der Waals surface area contributed by atoms with Crippen LogP contribution in [-0.2, 0) is 6.42 Å². The van der Waals surface area contributed by atoms with Gasteiger partial charge in [-0.25, -0.2) is 0 Å². The zero-order valence-electron chi connectivity index (χ0n) is 11.0. The summed E-state index contributed by atoms with van der Waals surface area (Å²) in [5.41, 5.74) is 8.47. The molecule has 3 rings (SSSR count). The normalized spacial score (nSPS) is 10.6. The predicted molar refractivity (Wildman–Crippen MR) is 79.6 cm³/mol. The second-order valence-corrected chi connectivity index (χ2v) is 4.47. The number of hydrogen-bond donors (Lipinski definition) is 1. The molecule has 3 aromatic rings. The second-order valence-electron chi connectivity index (χ2n) is 4.47. The van der Waals surface area contributed by atoms with Gasteiger partial charge in [0.25, 0.3) is 0 Å². The molecular weight excluding hydrogens is 250 g/mol. The number of hydrogen-bond acceptors (Lipinski definition) is 4. The third-order valence-corrected chi connectivity index (χ3v) is 3.11. The Morgan fingerprint density at radius 2 is 1.85 bits per heavy atom. The van der Waals surface area contributed by atoms with Crippen molar-refractivity contribution in [2.45, 2.75) is 6.42 Å². The van der Waals surface area contributed by atoms with E-state index in [0.717, 1.165) is 28.8 Å². The van der Waals surface area contributed by atoms with Crippen LogP contribution in [0.4, 0.5) is 5.69 Å². The van der Waals surface area contributed by atoms with Crippen molar-refractivity contribution >= 4 is 16.6 Å². The van der Waals surface area contributed by atoms with Crippen molar-refractivity contribution in [1.82, 2.24) is 9.97 Å². The average molecular weight is 265 g/mol. The molecule has 4 nitrogen and oxygen atoms in total. The zero-order valence-corrected chi connectivity index (χ0v) is 11.0. The van der Waals surface area contributed by atoms with Crippen molar-refractivity contribution in [1.29, 1.82) is 0 Å². The topological polar surface area (TPSA) is 61.0 Å². The Labute approximate surface area is 117 Å². The summed E-state index contributed by atoms with van der Waals surface area (Å²) in [7, 11) is 0. The first-order valence-corrected chi connectivity index (χ1v) is 6.50. The molecule has 0 saturated carbocycles. The Bertz CT molecular complexity index is 713. The maximum atomic E-state index is 5.94. The molecule has 2 N–H and O–H groups in total. The molecule has 0 aliphatic rings. The summed E-state index contributed by atoms with van der Waals surface area (Å²) in [5, 5.41) is 0.919. The largest absolute Gasteiger partial charge is 0.491 e. The van der Waals surface area contributed by atoms with Gasteiger partial charge in [-0.05, 0) is 36.4 Å². The third kappa shape index (κ3) is 2.54. The number of nitrogen functional groups attached to an aromatic ring is 1. The Balaban J connectivity index is 1.77. The number of fused-ring (bicyclic) bond motifs is 1. The Kier molecular flexibility index (Phi) is 3.46. The minimum Gasteiger partial charge on any atom is -0.491 e. The van der Waals surface area contributed by atoms with Crippen LogP contribution < -0.4 is 10.5 Å². The van der Waals surface area contributed by atoms with Gasteiger partial charge in [0, 0.05) is 35.6 Å². The first kappa shape index (κ1) is 12.4. The van der Waals surface area contributed by atoms with Crippen LogP contribution in [0.3, 0.4) is 0 Å². The van der Waals surface area contributed by atoms with Crippen molar-refractivity contribution in [2.24, 2.45) is 0 Å². The maximum absolute atomic E-state index is 5.94. The number of pyridine rings is 2. The fraction of sp³-hybridized carbons (Fsp3) is 0.125. The van der Waals surface area contributed by atoms with E-state index >= 15 is 0 Å². The van der Waals surface area contributed by atoms with Crippen molar-refractivity contribution in [3.8, 4) is 5.75 Å². The van der Waals surface area contributed by atoms with Gasteiger partial charge in [-0.15, -0.1) is 0 Å². The highest BCUT2D eigenvalue weighted by Crippen LogP contribution is 2.28. The number of ether oxygens (including phenoxy) is 1. The quantitative estimate of drug-likeness (QED) is 0.737. The molecule has 20 heavy (non-hydrogen) atoms. The summed E-state index contributed by atoms with van der Waals surface area (Å²) in [5.74, 6) is 0.755. The zero-order chi connectivity index (χ0) is 13.8. The lowest BCUT2D eigenvalue weighted by atomic mass is 10.1. The second kappa shape index (κ2) is 5.57. The van der Waals surface area contributed by atoms with E-state index in [1.54, 1.807) is 12.4 Å². The fourth-order valence-corrected chi connectivity index (χ4v) is 2.10. The van der Waals surface area contributed by atoms with Crippen LogP contribution in [0, 0.1) is 0 Å². The lowest BCUT2D eigenvalue weighted by Crippen LogP contribution is -2.03. The molecule has 0 fully saturated rings. The van der Waals surface area contributed by atoms with Gasteiger partial charge in [0.1, 0.15) is 11.3 Å². The smallest absolute Gasteiger partial charge is 0.145 e. The molecular formula is C16H15N3O. The number of benzene rings is 1. The first-order valence-electron chi connectivity index (χ1n) is 6.50. The van der Waals surface area contributed by atoms with Gasteiger partial charge in [0.2, 0.25) is 0 Å². The maximum Gasteiger partial charge on any atom is 0.145 e. The Morgan fingerprint density at radius 3 is 2.70 bits per heavy atom. The summed E-state index contributed by atoms with van der Waals surface area (Å²) >= 11 is 0. The van der Waals surface area contributed by atoms with Crippen molar-refractivity contribution < 1.29 is 4.74 Å². The van der Waals surface area contributed by atoms with E-state index in [1.165, 1.54) is 0 Å². The lowest BCUT2D eigenvalue weighted by Gasteiger charge is -2.09. The number of rotatable bonds is 4. The van der Waals surface area contributed by atoms with Crippen LogP contribution in [0.1, 0.15) is 5.69 Å². The molecule has 0 aliphatic carbocycles. The van der Waals surface area contributed by atoms with Crippen LogP contribution in [0.2, 0.25) is 0 Å². The number of aromatic nitrogens is 2. The molecule has 0 spiro atoms. The molecule has 1 aromatic carbocycles. The van der Waals surface area contributed by atoms with Crippen molar-refractivity contribution in [3.05, 3.63) is 60.6 Å². The van der Waals surface area contributed by atoms with E-state index in [9.17, 15) is 0 Å². The van der Waals surface area contributed by atoms with Gasteiger partial charge >= 0.3 is 0 Å². The number of anilines is 1. The van der Waals surface area contributed by atoms with Crippen LogP contribution in [0.5, 0.6) is 5.75 Å². The van der Waals surface area contributed by atoms with Gasteiger partial charge in [-0.3, -0.25) is 9.97 Å². The van der Waals surface area contributed by atoms with Gasteiger partial charge in [0.05, 0.1) is 6.61 Å². The van der Waals surface area contributed by atoms with Gasteiger partial charge in [-0.1, -0.05) is 6.07 Å². The van der Waals surface area contributed by atoms with Gasteiger partial charge in [0.15, 0.2) is 0 Å². The first-order chi connectivity index (χ1) is 9.84. The summed E-state index contributed by atoms with van der Waals surface area (Å²) in [4.78, 5) is 8.62. The van der Waals surface area contributed by atoms with Gasteiger partial charge < -0.3 is 10.5 Å². The Morgan fingerprint density at radius 1 is 0.950 bits per heavy atom. The molecule has 4 heteroatoms. The number of nitrogens with two attached hydrogens (primary N) is 1. The molecule has 0 aliphatic heterocycles. The van der Waals surface area contributed by atoms with E-state index in [4.69, 9.17) is 10.5 Å². The summed E-state index contributed by atoms with van der Waals surface area (Å²) < 4.78 is 5.82. The summed E-state index contributed by atoms with van der Waals surface area (Å²) in [6.45, 7) is 0.562. The molecule has 100 valence electrons. The van der Waals surface area contributed by atoms with Crippen LogP contribution in [0.25, 0.3) is 10.9 Å². The number of nitrogens with zero attached hydrogens (tertiary/aromatic N) is 2. The minimum atomic E-state index is 0.562. The van der Waals surface area contributed by atoms with E-state index in [2.05, 4.69) is 9.97 Å². The molecule has 0 bridgehead atoms. The Hall–Kier alpha value is -2.62. The SMILES string of the molecule is Nc1ccc(OCCc2ccccn2)c2ncccc12. The fourth-order valence-electron chi connectivity index (χ4n) is 2.10. The molecule has 0 amide bonds. The van der Waals surface area contributed by atoms with E-state index in [-0.39, 0.29) is 0 Å². The molecule has 2 aromatic heterocycles. The highest BCUT2D eigenvalue weighted by atomic mass is 16.5. The van der Waals surface area contributed by atoms with E-state index in [1.807, 2.05) is 42.5 Å². The highest BCUT2D eigenvalue weighted by Gasteiger charge is 2.06. The third-order valence-electron chi connectivity index (χ3n) is 3.11. The van der Waals surface area contributed by atoms with Crippen molar-refractivity contribution in [2.75, 3.05) is 12.3 Å². The van der Waals surface area contributed by atoms with E-state index < -0.39 is 0 Å². The molecule has 0 radical (unpaired) electrons. The summed E-state index contributed by atoms with van der Waals surface area (Å²) in [6, 6.07) is 13.4. The van der Waals surface area contributed by atoms with E-state index in [0.29, 0.717) is 12.3 Å². The van der Waals surface area contributed by atoms with Gasteiger partial charge in [-0.2, -0.15) is 0 Å². The van der Waals surface area contributed by atoms with Crippen LogP contribution in [0.15, 0.2) is 54.9 Å². The molecule has 0 saturated heterocycles. The average Bonchev–Trinajstić information content (AvgIpc) is 2.51. The monoisotopic (exact) mass is 265 g/mol. The van der Waals surface area contributed by atoms with Crippen LogP contribution in [-0.4, -0.2) is 16.6 Å². The predicted octanol–water partition coefficient (Wildman–Crippen LogP) is 2.83. The molecule has 2 heterocycles.